The molecule has 2 N–H and O–H groups in total. The van der Waals surface area contributed by atoms with Crippen LogP contribution in [0.25, 0.3) is 0 Å². The van der Waals surface area contributed by atoms with Crippen LogP contribution in [0.2, 0.25) is 0 Å². The first-order valence-corrected chi connectivity index (χ1v) is 7.17. The van der Waals surface area contributed by atoms with Crippen LogP contribution in [0.5, 0.6) is 0 Å². The van der Waals surface area contributed by atoms with Gasteiger partial charge in [-0.1, -0.05) is 18.2 Å². The van der Waals surface area contributed by atoms with Gasteiger partial charge in [0.15, 0.2) is 0 Å². The second-order valence-electron chi connectivity index (χ2n) is 5.56. The van der Waals surface area contributed by atoms with Gasteiger partial charge in [0, 0.05) is 19.1 Å². The molecule has 0 saturated heterocycles. The fourth-order valence-corrected chi connectivity index (χ4v) is 2.54. The molecule has 1 aromatic carbocycles. The third-order valence-electron chi connectivity index (χ3n) is 4.13. The van der Waals surface area contributed by atoms with Gasteiger partial charge in [-0.25, -0.2) is 0 Å². The van der Waals surface area contributed by atoms with Crippen LogP contribution in [0, 0.1) is 13.8 Å². The third-order valence-corrected chi connectivity index (χ3v) is 4.13. The zero-order chi connectivity index (χ0) is 13.8. The van der Waals surface area contributed by atoms with E-state index in [9.17, 15) is 4.79 Å². The van der Waals surface area contributed by atoms with E-state index in [2.05, 4.69) is 32.0 Å². The zero-order valence-electron chi connectivity index (χ0n) is 12.0. The van der Waals surface area contributed by atoms with Crippen molar-refractivity contribution >= 4 is 5.91 Å². The molecule has 3 nitrogen and oxygen atoms in total. The largest absolute Gasteiger partial charge is 0.338 e. The van der Waals surface area contributed by atoms with Crippen LogP contribution in [-0.2, 0) is 11.2 Å². The maximum atomic E-state index is 12.4. The molecule has 1 saturated carbocycles. The number of carbonyl (C=O) groups excluding carboxylic acids is 1. The Morgan fingerprint density at radius 1 is 1.32 bits per heavy atom. The Bertz CT molecular complexity index is 452. The number of amides is 1. The Labute approximate surface area is 115 Å². The molecule has 0 radical (unpaired) electrons. The van der Waals surface area contributed by atoms with E-state index in [1.807, 2.05) is 4.90 Å². The summed E-state index contributed by atoms with van der Waals surface area (Å²) in [6.07, 6.45) is 4.01. The average molecular weight is 260 g/mol. The highest BCUT2D eigenvalue weighted by atomic mass is 16.2. The summed E-state index contributed by atoms with van der Waals surface area (Å²) in [6.45, 7) is 5.42. The van der Waals surface area contributed by atoms with E-state index in [4.69, 9.17) is 5.73 Å². The molecule has 104 valence electrons. The quantitative estimate of drug-likeness (QED) is 0.882. The standard InChI is InChI=1S/C16H24N2O/c1-12-6-7-14(10-13(12)2)11-16(19)18(9-8-17)15-4-3-5-15/h6-7,10,15H,3-5,8-9,11,17H2,1-2H3. The molecule has 0 atom stereocenters. The van der Waals surface area contributed by atoms with Crippen molar-refractivity contribution < 1.29 is 4.79 Å². The van der Waals surface area contributed by atoms with Gasteiger partial charge in [-0.3, -0.25) is 4.79 Å². The molecule has 1 fully saturated rings. The van der Waals surface area contributed by atoms with Gasteiger partial charge in [0.2, 0.25) is 5.91 Å². The lowest BCUT2D eigenvalue weighted by molar-refractivity contribution is -0.134. The monoisotopic (exact) mass is 260 g/mol. The summed E-state index contributed by atoms with van der Waals surface area (Å²) in [5.41, 5.74) is 9.25. The Kier molecular flexibility index (Phi) is 4.59. The van der Waals surface area contributed by atoms with Crippen molar-refractivity contribution in [1.29, 1.82) is 0 Å². The lowest BCUT2D eigenvalue weighted by Crippen LogP contribution is -2.47. The Morgan fingerprint density at radius 3 is 2.58 bits per heavy atom. The van der Waals surface area contributed by atoms with Crippen molar-refractivity contribution in [2.75, 3.05) is 13.1 Å². The first kappa shape index (κ1) is 14.1. The molecule has 1 aliphatic carbocycles. The minimum Gasteiger partial charge on any atom is -0.338 e. The van der Waals surface area contributed by atoms with Crippen molar-refractivity contribution in [3.63, 3.8) is 0 Å². The van der Waals surface area contributed by atoms with Gasteiger partial charge in [0.05, 0.1) is 6.42 Å². The number of rotatable bonds is 5. The highest BCUT2D eigenvalue weighted by molar-refractivity contribution is 5.79. The van der Waals surface area contributed by atoms with Crippen LogP contribution >= 0.6 is 0 Å². The lowest BCUT2D eigenvalue weighted by atomic mass is 9.91. The molecule has 0 unspecified atom stereocenters. The molecule has 0 aromatic heterocycles. The first-order chi connectivity index (χ1) is 9.11. The summed E-state index contributed by atoms with van der Waals surface area (Å²) in [7, 11) is 0. The summed E-state index contributed by atoms with van der Waals surface area (Å²) >= 11 is 0. The van der Waals surface area contributed by atoms with Crippen molar-refractivity contribution in [3.05, 3.63) is 34.9 Å². The van der Waals surface area contributed by atoms with E-state index in [0.29, 0.717) is 25.6 Å². The average Bonchev–Trinajstić information content (AvgIpc) is 2.31. The zero-order valence-corrected chi connectivity index (χ0v) is 12.0. The lowest BCUT2D eigenvalue weighted by Gasteiger charge is -2.37. The highest BCUT2D eigenvalue weighted by Gasteiger charge is 2.27. The number of aryl methyl sites for hydroxylation is 2. The van der Waals surface area contributed by atoms with Gasteiger partial charge in [-0.2, -0.15) is 0 Å². The number of hydrogen-bond acceptors (Lipinski definition) is 2. The van der Waals surface area contributed by atoms with E-state index in [-0.39, 0.29) is 5.91 Å². The third kappa shape index (κ3) is 3.35. The summed E-state index contributed by atoms with van der Waals surface area (Å²) < 4.78 is 0. The second-order valence-corrected chi connectivity index (χ2v) is 5.56. The maximum absolute atomic E-state index is 12.4. The first-order valence-electron chi connectivity index (χ1n) is 7.17. The van der Waals surface area contributed by atoms with Gasteiger partial charge in [-0.05, 0) is 49.8 Å². The maximum Gasteiger partial charge on any atom is 0.227 e. The molecule has 1 amide bonds. The highest BCUT2D eigenvalue weighted by Crippen LogP contribution is 2.25. The van der Waals surface area contributed by atoms with Gasteiger partial charge < -0.3 is 10.6 Å². The summed E-state index contributed by atoms with van der Waals surface area (Å²) in [5.74, 6) is 0.221. The molecule has 1 aromatic rings. The molecule has 0 heterocycles. The van der Waals surface area contributed by atoms with Crippen molar-refractivity contribution in [1.82, 2.24) is 4.90 Å². The van der Waals surface area contributed by atoms with Crippen LogP contribution in [0.15, 0.2) is 18.2 Å². The van der Waals surface area contributed by atoms with Gasteiger partial charge in [-0.15, -0.1) is 0 Å². The van der Waals surface area contributed by atoms with E-state index < -0.39 is 0 Å². The normalized spacial score (nSPS) is 15.1. The number of carbonyl (C=O) groups is 1. The fourth-order valence-electron chi connectivity index (χ4n) is 2.54. The fraction of sp³-hybridized carbons (Fsp3) is 0.562. The van der Waals surface area contributed by atoms with E-state index in [1.165, 1.54) is 17.5 Å². The molecule has 0 spiro atoms. The molecule has 0 aliphatic heterocycles. The minimum atomic E-state index is 0.221. The number of nitrogens with two attached hydrogens (primary N) is 1. The number of nitrogens with zero attached hydrogens (tertiary/aromatic N) is 1. The van der Waals surface area contributed by atoms with Crippen molar-refractivity contribution in [2.24, 2.45) is 5.73 Å². The summed E-state index contributed by atoms with van der Waals surface area (Å²) in [4.78, 5) is 14.4. The summed E-state index contributed by atoms with van der Waals surface area (Å²) in [5, 5.41) is 0. The number of benzene rings is 1. The van der Waals surface area contributed by atoms with Crippen molar-refractivity contribution in [2.45, 2.75) is 45.6 Å². The van der Waals surface area contributed by atoms with Gasteiger partial charge >= 0.3 is 0 Å². The van der Waals surface area contributed by atoms with Crippen LogP contribution in [0.4, 0.5) is 0 Å². The Morgan fingerprint density at radius 2 is 2.05 bits per heavy atom. The minimum absolute atomic E-state index is 0.221. The molecule has 2 rings (SSSR count). The van der Waals surface area contributed by atoms with Gasteiger partial charge in [0.25, 0.3) is 0 Å². The van der Waals surface area contributed by atoms with Crippen LogP contribution in [0.1, 0.15) is 36.0 Å². The second kappa shape index (κ2) is 6.20. The SMILES string of the molecule is Cc1ccc(CC(=O)N(CCN)C2CCC2)cc1C. The topological polar surface area (TPSA) is 46.3 Å². The molecular weight excluding hydrogens is 236 g/mol. The summed E-state index contributed by atoms with van der Waals surface area (Å²) in [6, 6.07) is 6.70. The smallest absolute Gasteiger partial charge is 0.227 e. The van der Waals surface area contributed by atoms with E-state index >= 15 is 0 Å². The van der Waals surface area contributed by atoms with Crippen LogP contribution in [0.3, 0.4) is 0 Å². The van der Waals surface area contributed by atoms with Crippen LogP contribution in [-0.4, -0.2) is 29.9 Å². The predicted octanol–water partition coefficient (Wildman–Crippen LogP) is 2.19. The van der Waals surface area contributed by atoms with Crippen LogP contribution < -0.4 is 5.73 Å². The van der Waals surface area contributed by atoms with E-state index in [0.717, 1.165) is 18.4 Å². The molecule has 0 bridgehead atoms. The Hall–Kier alpha value is -1.35. The molecule has 19 heavy (non-hydrogen) atoms. The van der Waals surface area contributed by atoms with Gasteiger partial charge in [0.1, 0.15) is 0 Å². The van der Waals surface area contributed by atoms with E-state index in [1.54, 1.807) is 0 Å². The van der Waals surface area contributed by atoms with Crippen molar-refractivity contribution in [3.8, 4) is 0 Å². The molecular formula is C16H24N2O. The predicted molar refractivity (Wildman–Crippen MR) is 78.0 cm³/mol. The molecule has 3 heteroatoms. The Balaban J connectivity index is 2.03. The number of hydrogen-bond donors (Lipinski definition) is 1. The molecule has 1 aliphatic rings.